The van der Waals surface area contributed by atoms with Crippen molar-refractivity contribution in [2.24, 2.45) is 0 Å². The van der Waals surface area contributed by atoms with Crippen LogP contribution < -0.4 is 5.32 Å². The molecule has 1 amide bonds. The molecule has 0 aliphatic rings. The van der Waals surface area contributed by atoms with E-state index in [2.05, 4.69) is 15.0 Å². The van der Waals surface area contributed by atoms with Crippen LogP contribution in [0.15, 0.2) is 12.3 Å². The highest BCUT2D eigenvalue weighted by atomic mass is 35.5. The number of pyridine rings is 1. The lowest BCUT2D eigenvalue weighted by molar-refractivity contribution is -0.147. The van der Waals surface area contributed by atoms with Gasteiger partial charge in [-0.05, 0) is 12.5 Å². The second-order valence-electron chi connectivity index (χ2n) is 4.01. The molecule has 0 aromatic carbocycles. The van der Waals surface area contributed by atoms with Gasteiger partial charge in [-0.1, -0.05) is 18.5 Å². The molecule has 1 aromatic heterocycles. The Bertz CT molecular complexity index is 535. The van der Waals surface area contributed by atoms with Crippen LogP contribution in [0, 0.1) is 0 Å². The first-order valence-corrected chi connectivity index (χ1v) is 6.30. The van der Waals surface area contributed by atoms with Crippen LogP contribution in [0.1, 0.15) is 25.3 Å². The molecule has 0 atom stereocenters. The van der Waals surface area contributed by atoms with Crippen molar-refractivity contribution in [3.8, 4) is 0 Å². The van der Waals surface area contributed by atoms with Gasteiger partial charge in [0.2, 0.25) is 0 Å². The van der Waals surface area contributed by atoms with E-state index in [0.717, 1.165) is 0 Å². The Morgan fingerprint density at radius 2 is 2.10 bits per heavy atom. The number of esters is 1. The SMILES string of the molecule is CCCC(=O)OCC(=O)Nc1ncc(C(F)(F)F)cc1Cl. The molecule has 0 saturated heterocycles. The molecule has 1 rings (SSSR count). The van der Waals surface area contributed by atoms with Crippen LogP contribution in [0.2, 0.25) is 5.02 Å². The molecule has 1 heterocycles. The van der Waals surface area contributed by atoms with Gasteiger partial charge in [-0.2, -0.15) is 13.2 Å². The second kappa shape index (κ2) is 7.26. The third-order valence-corrected chi connectivity index (χ3v) is 2.53. The molecule has 0 radical (unpaired) electrons. The van der Waals surface area contributed by atoms with Gasteiger partial charge < -0.3 is 10.1 Å². The van der Waals surface area contributed by atoms with Crippen LogP contribution >= 0.6 is 11.6 Å². The first-order chi connectivity index (χ1) is 9.74. The van der Waals surface area contributed by atoms with Crippen molar-refractivity contribution in [3.63, 3.8) is 0 Å². The predicted molar refractivity (Wildman–Crippen MR) is 68.7 cm³/mol. The number of amides is 1. The second-order valence-corrected chi connectivity index (χ2v) is 4.42. The van der Waals surface area contributed by atoms with Crippen LogP contribution in [0.4, 0.5) is 19.0 Å². The van der Waals surface area contributed by atoms with E-state index in [0.29, 0.717) is 18.7 Å². The number of hydrogen-bond acceptors (Lipinski definition) is 4. The predicted octanol–water partition coefficient (Wildman–Crippen LogP) is 3.04. The Labute approximate surface area is 123 Å². The molecule has 0 bridgehead atoms. The Hall–Kier alpha value is -1.83. The van der Waals surface area contributed by atoms with E-state index in [1.54, 1.807) is 6.92 Å². The molecule has 1 aromatic rings. The van der Waals surface area contributed by atoms with Crippen LogP contribution in [0.3, 0.4) is 0 Å². The average molecular weight is 325 g/mol. The quantitative estimate of drug-likeness (QED) is 0.845. The Morgan fingerprint density at radius 1 is 1.43 bits per heavy atom. The van der Waals surface area contributed by atoms with Crippen LogP contribution in [0.5, 0.6) is 0 Å². The number of hydrogen-bond donors (Lipinski definition) is 1. The number of nitrogens with one attached hydrogen (secondary N) is 1. The van der Waals surface area contributed by atoms with Gasteiger partial charge in [0.25, 0.3) is 5.91 Å². The van der Waals surface area contributed by atoms with Crippen LogP contribution in [-0.4, -0.2) is 23.5 Å². The van der Waals surface area contributed by atoms with Gasteiger partial charge in [-0.3, -0.25) is 9.59 Å². The van der Waals surface area contributed by atoms with Crippen molar-refractivity contribution in [2.75, 3.05) is 11.9 Å². The molecule has 0 aliphatic carbocycles. The van der Waals surface area contributed by atoms with Crippen LogP contribution in [-0.2, 0) is 20.5 Å². The lowest BCUT2D eigenvalue weighted by atomic mass is 10.3. The van der Waals surface area contributed by atoms with Gasteiger partial charge in [0.1, 0.15) is 0 Å². The van der Waals surface area contributed by atoms with Crippen molar-refractivity contribution < 1.29 is 27.5 Å². The third kappa shape index (κ3) is 5.58. The smallest absolute Gasteiger partial charge is 0.417 e. The number of alkyl halides is 3. The summed E-state index contributed by atoms with van der Waals surface area (Å²) in [6.07, 6.45) is -3.28. The van der Waals surface area contributed by atoms with E-state index in [4.69, 9.17) is 11.6 Å². The standard InChI is InChI=1S/C12H12ClF3N2O3/c1-2-3-10(20)21-6-9(19)18-11-8(13)4-7(5-17-11)12(14,15)16/h4-5H,2-3,6H2,1H3,(H,17,18,19). The fourth-order valence-electron chi connectivity index (χ4n) is 1.28. The summed E-state index contributed by atoms with van der Waals surface area (Å²) in [5.74, 6) is -1.52. The largest absolute Gasteiger partial charge is 0.456 e. The zero-order valence-corrected chi connectivity index (χ0v) is 11.7. The minimum absolute atomic E-state index is 0.173. The zero-order valence-electron chi connectivity index (χ0n) is 11.0. The van der Waals surface area contributed by atoms with Gasteiger partial charge in [0.05, 0.1) is 10.6 Å². The van der Waals surface area contributed by atoms with Crippen molar-refractivity contribution in [1.29, 1.82) is 0 Å². The maximum atomic E-state index is 12.4. The molecule has 0 unspecified atom stereocenters. The molecule has 0 aliphatic heterocycles. The number of rotatable bonds is 5. The van der Waals surface area contributed by atoms with E-state index in [9.17, 15) is 22.8 Å². The topological polar surface area (TPSA) is 68.3 Å². The van der Waals surface area contributed by atoms with Gasteiger partial charge >= 0.3 is 12.1 Å². The lowest BCUT2D eigenvalue weighted by Gasteiger charge is -2.10. The van der Waals surface area contributed by atoms with Crippen molar-refractivity contribution >= 4 is 29.3 Å². The first-order valence-electron chi connectivity index (χ1n) is 5.92. The number of ether oxygens (including phenoxy) is 1. The van der Waals surface area contributed by atoms with Gasteiger partial charge in [-0.15, -0.1) is 0 Å². The Balaban J connectivity index is 2.63. The summed E-state index contributed by atoms with van der Waals surface area (Å²) in [6, 6.07) is 0.646. The van der Waals surface area contributed by atoms with Crippen molar-refractivity contribution in [3.05, 3.63) is 22.8 Å². The highest BCUT2D eigenvalue weighted by Gasteiger charge is 2.31. The number of nitrogens with zero attached hydrogens (tertiary/aromatic N) is 1. The highest BCUT2D eigenvalue weighted by Crippen LogP contribution is 2.32. The highest BCUT2D eigenvalue weighted by molar-refractivity contribution is 6.33. The number of halogens is 4. The number of anilines is 1. The lowest BCUT2D eigenvalue weighted by Crippen LogP contribution is -2.21. The third-order valence-electron chi connectivity index (χ3n) is 2.24. The maximum absolute atomic E-state index is 12.4. The normalized spacial score (nSPS) is 11.1. The fourth-order valence-corrected chi connectivity index (χ4v) is 1.49. The van der Waals surface area contributed by atoms with E-state index in [-0.39, 0.29) is 17.3 Å². The van der Waals surface area contributed by atoms with E-state index >= 15 is 0 Å². The van der Waals surface area contributed by atoms with E-state index < -0.39 is 30.2 Å². The number of aromatic nitrogens is 1. The summed E-state index contributed by atoms with van der Waals surface area (Å²) in [4.78, 5) is 25.9. The van der Waals surface area contributed by atoms with Crippen LogP contribution in [0.25, 0.3) is 0 Å². The Morgan fingerprint density at radius 3 is 2.62 bits per heavy atom. The van der Waals surface area contributed by atoms with Gasteiger partial charge in [-0.25, -0.2) is 4.98 Å². The number of carbonyl (C=O) groups is 2. The van der Waals surface area contributed by atoms with Gasteiger partial charge in [0, 0.05) is 12.6 Å². The monoisotopic (exact) mass is 324 g/mol. The molecule has 0 fully saturated rings. The molecule has 0 spiro atoms. The summed E-state index contributed by atoms with van der Waals surface area (Å²) in [7, 11) is 0. The first kappa shape index (κ1) is 17.2. The molecule has 9 heteroatoms. The minimum Gasteiger partial charge on any atom is -0.456 e. The molecule has 5 nitrogen and oxygen atoms in total. The Kier molecular flexibility index (Phi) is 5.95. The van der Waals surface area contributed by atoms with E-state index in [1.807, 2.05) is 0 Å². The minimum atomic E-state index is -4.57. The molecular weight excluding hydrogens is 313 g/mol. The zero-order chi connectivity index (χ0) is 16.0. The molecule has 1 N–H and O–H groups in total. The van der Waals surface area contributed by atoms with Gasteiger partial charge in [0.15, 0.2) is 12.4 Å². The van der Waals surface area contributed by atoms with Crippen molar-refractivity contribution in [1.82, 2.24) is 4.98 Å². The molecule has 21 heavy (non-hydrogen) atoms. The van der Waals surface area contributed by atoms with Crippen molar-refractivity contribution in [2.45, 2.75) is 25.9 Å². The molecular formula is C12H12ClF3N2O3. The summed E-state index contributed by atoms with van der Waals surface area (Å²) in [5.41, 5.74) is -1.03. The average Bonchev–Trinajstić information content (AvgIpc) is 2.38. The molecule has 116 valence electrons. The molecule has 0 saturated carbocycles. The summed E-state index contributed by atoms with van der Waals surface area (Å²) in [6.45, 7) is 1.21. The maximum Gasteiger partial charge on any atom is 0.417 e. The van der Waals surface area contributed by atoms with E-state index in [1.165, 1.54) is 0 Å². The number of carbonyl (C=O) groups excluding carboxylic acids is 2. The fraction of sp³-hybridized carbons (Fsp3) is 0.417. The summed E-state index contributed by atoms with van der Waals surface area (Å²) >= 11 is 5.61. The summed E-state index contributed by atoms with van der Waals surface area (Å²) in [5, 5.41) is 1.80. The summed E-state index contributed by atoms with van der Waals surface area (Å²) < 4.78 is 41.8.